The molecule has 204 valence electrons. The molecule has 5 aromatic carbocycles. The van der Waals surface area contributed by atoms with Gasteiger partial charge in [0.1, 0.15) is 34.3 Å². The number of para-hydroxylation sites is 3. The number of rotatable bonds is 4. The van der Waals surface area contributed by atoms with Crippen molar-refractivity contribution in [3.63, 3.8) is 0 Å². The Hall–Kier alpha value is -5.88. The van der Waals surface area contributed by atoms with E-state index in [4.69, 9.17) is 19.1 Å². The summed E-state index contributed by atoms with van der Waals surface area (Å²) in [5.41, 5.74) is 6.83. The third-order valence-corrected chi connectivity index (χ3v) is 8.23. The number of furan rings is 1. The predicted octanol–water partition coefficient (Wildman–Crippen LogP) is 9.42. The van der Waals surface area contributed by atoms with Gasteiger partial charge in [-0.2, -0.15) is 0 Å². The van der Waals surface area contributed by atoms with Gasteiger partial charge in [0.15, 0.2) is 0 Å². The molecule has 0 aliphatic rings. The van der Waals surface area contributed by atoms with Crippen molar-refractivity contribution >= 4 is 54.8 Å². The van der Waals surface area contributed by atoms with Crippen LogP contribution in [0.5, 0.6) is 11.5 Å². The van der Waals surface area contributed by atoms with E-state index < -0.39 is 0 Å². The molecule has 0 radical (unpaired) electrons. The van der Waals surface area contributed by atoms with Gasteiger partial charge in [0, 0.05) is 52.5 Å². The standard InChI is InChI=1S/C37H24N4O2/c1-40-31-13-4-3-12-30(31)39-37(40)23-9-8-10-24(19-23)42-25-16-17-26-28-21-29-27-11-2-5-14-34(27)43-35(29)22-33(28)41(32(26)20-25)36-15-6-7-18-38-36/h2-22H,1H3. The summed E-state index contributed by atoms with van der Waals surface area (Å²) in [5.74, 6) is 3.21. The molecule has 0 fully saturated rings. The van der Waals surface area contributed by atoms with E-state index in [2.05, 4.69) is 51.6 Å². The van der Waals surface area contributed by atoms with Crippen LogP contribution in [0.1, 0.15) is 0 Å². The Labute approximate surface area is 246 Å². The number of nitrogens with zero attached hydrogens (tertiary/aromatic N) is 4. The molecule has 0 spiro atoms. The van der Waals surface area contributed by atoms with Crippen molar-refractivity contribution in [2.24, 2.45) is 7.05 Å². The Bertz CT molecular complexity index is 2500. The van der Waals surface area contributed by atoms with E-state index in [1.54, 1.807) is 0 Å². The molecule has 4 aromatic heterocycles. The number of aromatic nitrogens is 4. The normalized spacial score (nSPS) is 11.8. The number of imidazole rings is 1. The van der Waals surface area contributed by atoms with Gasteiger partial charge in [0.2, 0.25) is 0 Å². The number of aryl methyl sites for hydroxylation is 1. The highest BCUT2D eigenvalue weighted by Gasteiger charge is 2.18. The first kappa shape index (κ1) is 23.8. The molecule has 0 bridgehead atoms. The van der Waals surface area contributed by atoms with Gasteiger partial charge in [-0.3, -0.25) is 4.57 Å². The van der Waals surface area contributed by atoms with E-state index in [1.807, 2.05) is 92.1 Å². The van der Waals surface area contributed by atoms with Crippen molar-refractivity contribution in [2.45, 2.75) is 0 Å². The van der Waals surface area contributed by atoms with Crippen molar-refractivity contribution in [1.29, 1.82) is 0 Å². The third-order valence-electron chi connectivity index (χ3n) is 8.23. The largest absolute Gasteiger partial charge is 0.457 e. The van der Waals surface area contributed by atoms with Gasteiger partial charge in [-0.05, 0) is 60.7 Å². The van der Waals surface area contributed by atoms with E-state index in [-0.39, 0.29) is 0 Å². The van der Waals surface area contributed by atoms with E-state index in [9.17, 15) is 0 Å². The van der Waals surface area contributed by atoms with Gasteiger partial charge in [-0.25, -0.2) is 9.97 Å². The number of hydrogen-bond donors (Lipinski definition) is 0. The molecule has 43 heavy (non-hydrogen) atoms. The highest BCUT2D eigenvalue weighted by molar-refractivity contribution is 6.17. The summed E-state index contributed by atoms with van der Waals surface area (Å²) in [6, 6.07) is 41.0. The van der Waals surface area contributed by atoms with E-state index >= 15 is 0 Å². The minimum atomic E-state index is 0.740. The van der Waals surface area contributed by atoms with Crippen molar-refractivity contribution in [1.82, 2.24) is 19.1 Å². The first-order valence-corrected chi connectivity index (χ1v) is 14.2. The van der Waals surface area contributed by atoms with Crippen LogP contribution in [0.25, 0.3) is 72.0 Å². The SMILES string of the molecule is Cn1c(-c2cccc(Oc3ccc4c5cc6c(cc5n(-c5ccccn5)c4c3)oc3ccccc36)c2)nc2ccccc21. The number of ether oxygens (including phenoxy) is 1. The number of pyridine rings is 1. The van der Waals surface area contributed by atoms with Crippen LogP contribution in [-0.2, 0) is 7.05 Å². The summed E-state index contributed by atoms with van der Waals surface area (Å²) < 4.78 is 17.0. The van der Waals surface area contributed by atoms with Crippen molar-refractivity contribution in [3.05, 3.63) is 128 Å². The van der Waals surface area contributed by atoms with Gasteiger partial charge in [-0.1, -0.05) is 48.5 Å². The molecule has 0 saturated carbocycles. The average molecular weight is 557 g/mol. The summed E-state index contributed by atoms with van der Waals surface area (Å²) in [6.07, 6.45) is 1.82. The Kier molecular flexibility index (Phi) is 5.01. The van der Waals surface area contributed by atoms with Crippen LogP contribution in [0.15, 0.2) is 132 Å². The van der Waals surface area contributed by atoms with Gasteiger partial charge < -0.3 is 13.7 Å². The quantitative estimate of drug-likeness (QED) is 0.217. The number of fused-ring (bicyclic) bond motifs is 7. The molecule has 4 heterocycles. The smallest absolute Gasteiger partial charge is 0.140 e. The zero-order valence-corrected chi connectivity index (χ0v) is 23.2. The van der Waals surface area contributed by atoms with Crippen LogP contribution < -0.4 is 4.74 Å². The highest BCUT2D eigenvalue weighted by atomic mass is 16.5. The Morgan fingerprint density at radius 3 is 2.35 bits per heavy atom. The summed E-state index contributed by atoms with van der Waals surface area (Å²) in [7, 11) is 2.04. The van der Waals surface area contributed by atoms with Crippen LogP contribution in [-0.4, -0.2) is 19.1 Å². The highest BCUT2D eigenvalue weighted by Crippen LogP contribution is 2.39. The fraction of sp³-hybridized carbons (Fsp3) is 0.0270. The first-order valence-electron chi connectivity index (χ1n) is 14.2. The van der Waals surface area contributed by atoms with Gasteiger partial charge in [0.05, 0.1) is 22.1 Å². The molecule has 6 nitrogen and oxygen atoms in total. The van der Waals surface area contributed by atoms with Crippen LogP contribution in [0, 0.1) is 0 Å². The molecule has 0 N–H and O–H groups in total. The number of benzene rings is 5. The van der Waals surface area contributed by atoms with Gasteiger partial charge >= 0.3 is 0 Å². The van der Waals surface area contributed by atoms with E-state index in [0.717, 1.165) is 83.5 Å². The van der Waals surface area contributed by atoms with Crippen LogP contribution in [0.2, 0.25) is 0 Å². The zero-order valence-electron chi connectivity index (χ0n) is 23.2. The Morgan fingerprint density at radius 2 is 1.44 bits per heavy atom. The lowest BCUT2D eigenvalue weighted by Gasteiger charge is -2.10. The Morgan fingerprint density at radius 1 is 0.605 bits per heavy atom. The Balaban J connectivity index is 1.19. The second kappa shape index (κ2) is 9.06. The predicted molar refractivity (Wildman–Crippen MR) is 172 cm³/mol. The van der Waals surface area contributed by atoms with Crippen LogP contribution in [0.4, 0.5) is 0 Å². The maximum absolute atomic E-state index is 6.48. The topological polar surface area (TPSA) is 58.0 Å². The first-order chi connectivity index (χ1) is 21.2. The lowest BCUT2D eigenvalue weighted by atomic mass is 10.1. The van der Waals surface area contributed by atoms with Crippen molar-refractivity contribution < 1.29 is 9.15 Å². The van der Waals surface area contributed by atoms with Crippen LogP contribution in [0.3, 0.4) is 0 Å². The molecule has 0 aliphatic heterocycles. The molecule has 0 aliphatic carbocycles. The molecule has 9 rings (SSSR count). The molecular formula is C37H24N4O2. The lowest BCUT2D eigenvalue weighted by molar-refractivity contribution is 0.483. The average Bonchev–Trinajstić information content (AvgIpc) is 3.69. The van der Waals surface area contributed by atoms with Crippen molar-refractivity contribution in [3.8, 4) is 28.7 Å². The monoisotopic (exact) mass is 556 g/mol. The zero-order chi connectivity index (χ0) is 28.5. The third kappa shape index (κ3) is 3.66. The fourth-order valence-corrected chi connectivity index (χ4v) is 6.25. The maximum atomic E-state index is 6.48. The molecule has 0 amide bonds. The fourth-order valence-electron chi connectivity index (χ4n) is 6.25. The van der Waals surface area contributed by atoms with Gasteiger partial charge in [0.25, 0.3) is 0 Å². The number of hydrogen-bond acceptors (Lipinski definition) is 4. The summed E-state index contributed by atoms with van der Waals surface area (Å²) in [5, 5.41) is 4.46. The minimum absolute atomic E-state index is 0.740. The minimum Gasteiger partial charge on any atom is -0.457 e. The van der Waals surface area contributed by atoms with Crippen LogP contribution >= 0.6 is 0 Å². The summed E-state index contributed by atoms with van der Waals surface area (Å²) in [6.45, 7) is 0. The van der Waals surface area contributed by atoms with Gasteiger partial charge in [-0.15, -0.1) is 0 Å². The van der Waals surface area contributed by atoms with E-state index in [1.165, 1.54) is 0 Å². The summed E-state index contributed by atoms with van der Waals surface area (Å²) in [4.78, 5) is 9.58. The maximum Gasteiger partial charge on any atom is 0.140 e. The molecular weight excluding hydrogens is 532 g/mol. The van der Waals surface area contributed by atoms with E-state index in [0.29, 0.717) is 0 Å². The molecule has 0 unspecified atom stereocenters. The molecule has 0 saturated heterocycles. The molecule has 0 atom stereocenters. The second-order valence-electron chi connectivity index (χ2n) is 10.8. The van der Waals surface area contributed by atoms with Crippen molar-refractivity contribution in [2.75, 3.05) is 0 Å². The summed E-state index contributed by atoms with van der Waals surface area (Å²) >= 11 is 0. The molecule has 6 heteroatoms. The molecule has 9 aromatic rings. The second-order valence-corrected chi connectivity index (χ2v) is 10.8. The lowest BCUT2D eigenvalue weighted by Crippen LogP contribution is -1.96.